The van der Waals surface area contributed by atoms with Crippen molar-refractivity contribution in [2.24, 2.45) is 0 Å². The molecule has 0 N–H and O–H groups in total. The second kappa shape index (κ2) is 3.48. The minimum atomic E-state index is -2.93. The predicted molar refractivity (Wildman–Crippen MR) is 66.1 cm³/mol. The lowest BCUT2D eigenvalue weighted by molar-refractivity contribution is 0.327. The Kier molecular flexibility index (Phi) is 2.36. The van der Waals surface area contributed by atoms with E-state index in [4.69, 9.17) is 11.6 Å². The summed E-state index contributed by atoms with van der Waals surface area (Å²) < 4.78 is 24.9. The van der Waals surface area contributed by atoms with Crippen molar-refractivity contribution in [3.8, 4) is 0 Å². The highest BCUT2D eigenvalue weighted by Gasteiger charge is 2.42. The van der Waals surface area contributed by atoms with Crippen LogP contribution in [-0.4, -0.2) is 29.7 Å². The zero-order valence-electron chi connectivity index (χ0n) is 9.69. The lowest BCUT2D eigenvalue weighted by Gasteiger charge is -2.23. The number of aromatic nitrogens is 2. The SMILES string of the molecule is CC1(n2nc(C3CC3)cc2Cl)CCS(=O)(=O)C1. The summed E-state index contributed by atoms with van der Waals surface area (Å²) in [7, 11) is -2.93. The quantitative estimate of drug-likeness (QED) is 0.828. The van der Waals surface area contributed by atoms with Crippen molar-refractivity contribution in [3.63, 3.8) is 0 Å². The van der Waals surface area contributed by atoms with Crippen LogP contribution in [0.25, 0.3) is 0 Å². The molecule has 0 aromatic carbocycles. The summed E-state index contributed by atoms with van der Waals surface area (Å²) in [6.45, 7) is 1.92. The van der Waals surface area contributed by atoms with Crippen molar-refractivity contribution in [2.45, 2.75) is 37.6 Å². The van der Waals surface area contributed by atoms with Crippen molar-refractivity contribution < 1.29 is 8.42 Å². The highest BCUT2D eigenvalue weighted by molar-refractivity contribution is 7.91. The molecule has 94 valence electrons. The van der Waals surface area contributed by atoms with E-state index in [1.165, 1.54) is 12.8 Å². The number of sulfone groups is 1. The Morgan fingerprint density at radius 3 is 2.76 bits per heavy atom. The Morgan fingerprint density at radius 2 is 2.24 bits per heavy atom. The van der Waals surface area contributed by atoms with Crippen LogP contribution < -0.4 is 0 Å². The minimum absolute atomic E-state index is 0.144. The molecule has 1 saturated heterocycles. The number of hydrogen-bond donors (Lipinski definition) is 0. The van der Waals surface area contributed by atoms with E-state index in [-0.39, 0.29) is 11.5 Å². The van der Waals surface area contributed by atoms with Gasteiger partial charge in [0.15, 0.2) is 9.84 Å². The third-order valence-corrected chi connectivity index (χ3v) is 5.83. The van der Waals surface area contributed by atoms with Crippen LogP contribution in [0, 0.1) is 0 Å². The van der Waals surface area contributed by atoms with Crippen molar-refractivity contribution in [1.29, 1.82) is 0 Å². The molecular formula is C11H15ClN2O2S. The number of halogens is 1. The summed E-state index contributed by atoms with van der Waals surface area (Å²) in [6.07, 6.45) is 2.94. The van der Waals surface area contributed by atoms with E-state index in [1.54, 1.807) is 4.68 Å². The van der Waals surface area contributed by atoms with E-state index in [0.717, 1.165) is 5.69 Å². The van der Waals surface area contributed by atoms with Gasteiger partial charge in [-0.15, -0.1) is 0 Å². The lowest BCUT2D eigenvalue weighted by Crippen LogP contribution is -2.32. The molecule has 1 aromatic heterocycles. The summed E-state index contributed by atoms with van der Waals surface area (Å²) in [5.41, 5.74) is 0.545. The second-order valence-corrected chi connectivity index (χ2v) is 7.99. The van der Waals surface area contributed by atoms with Gasteiger partial charge in [-0.05, 0) is 32.3 Å². The highest BCUT2D eigenvalue weighted by atomic mass is 35.5. The van der Waals surface area contributed by atoms with Gasteiger partial charge in [-0.2, -0.15) is 5.10 Å². The topological polar surface area (TPSA) is 52.0 Å². The fourth-order valence-electron chi connectivity index (χ4n) is 2.49. The van der Waals surface area contributed by atoms with E-state index in [1.807, 2.05) is 13.0 Å². The Morgan fingerprint density at radius 1 is 1.53 bits per heavy atom. The third kappa shape index (κ3) is 1.99. The molecule has 3 rings (SSSR count). The fourth-order valence-corrected chi connectivity index (χ4v) is 4.96. The van der Waals surface area contributed by atoms with Crippen LogP contribution in [-0.2, 0) is 15.4 Å². The number of nitrogens with zero attached hydrogens (tertiary/aromatic N) is 2. The summed E-state index contributed by atoms with van der Waals surface area (Å²) in [5.74, 6) is 0.916. The molecule has 2 aliphatic rings. The van der Waals surface area contributed by atoms with E-state index >= 15 is 0 Å². The summed E-state index contributed by atoms with van der Waals surface area (Å²) in [5, 5.41) is 5.07. The fraction of sp³-hybridized carbons (Fsp3) is 0.727. The molecule has 0 bridgehead atoms. The van der Waals surface area contributed by atoms with E-state index in [0.29, 0.717) is 17.5 Å². The standard InChI is InChI=1S/C11H15ClN2O2S/c1-11(4-5-17(15,16)7-11)14-10(12)6-9(13-14)8-2-3-8/h6,8H,2-5,7H2,1H3. The van der Waals surface area contributed by atoms with Crippen molar-refractivity contribution >= 4 is 21.4 Å². The molecule has 6 heteroatoms. The van der Waals surface area contributed by atoms with Crippen molar-refractivity contribution in [2.75, 3.05) is 11.5 Å². The Hall–Kier alpha value is -0.550. The van der Waals surface area contributed by atoms with Gasteiger partial charge in [0.1, 0.15) is 5.15 Å². The van der Waals surface area contributed by atoms with E-state index in [9.17, 15) is 8.42 Å². The van der Waals surface area contributed by atoms with Crippen LogP contribution in [0.1, 0.15) is 37.8 Å². The first-order valence-electron chi connectivity index (χ1n) is 5.86. The van der Waals surface area contributed by atoms with Gasteiger partial charge in [0.2, 0.25) is 0 Å². The number of rotatable bonds is 2. The molecule has 0 spiro atoms. The smallest absolute Gasteiger partial charge is 0.152 e. The van der Waals surface area contributed by atoms with Crippen molar-refractivity contribution in [1.82, 2.24) is 9.78 Å². The highest BCUT2D eigenvalue weighted by Crippen LogP contribution is 2.41. The maximum absolute atomic E-state index is 11.6. The van der Waals surface area contributed by atoms with Gasteiger partial charge in [-0.3, -0.25) is 0 Å². The molecule has 1 atom stereocenters. The molecule has 1 aliphatic carbocycles. The van der Waals surface area contributed by atoms with Crippen LogP contribution in [0.15, 0.2) is 6.07 Å². The van der Waals surface area contributed by atoms with Crippen molar-refractivity contribution in [3.05, 3.63) is 16.9 Å². The van der Waals surface area contributed by atoms with Gasteiger partial charge in [0, 0.05) is 5.92 Å². The molecule has 4 nitrogen and oxygen atoms in total. The van der Waals surface area contributed by atoms with Crippen LogP contribution in [0.3, 0.4) is 0 Å². The predicted octanol–water partition coefficient (Wildman–Crippen LogP) is 1.95. The normalized spacial score (nSPS) is 31.9. The van der Waals surface area contributed by atoms with Crippen LogP contribution in [0.5, 0.6) is 0 Å². The van der Waals surface area contributed by atoms with Gasteiger partial charge < -0.3 is 0 Å². The van der Waals surface area contributed by atoms with Crippen LogP contribution in [0.2, 0.25) is 5.15 Å². The molecule has 2 fully saturated rings. The summed E-state index contributed by atoms with van der Waals surface area (Å²) >= 11 is 6.19. The summed E-state index contributed by atoms with van der Waals surface area (Å²) in [4.78, 5) is 0. The molecule has 1 aliphatic heterocycles. The largest absolute Gasteiger partial charge is 0.247 e. The zero-order valence-corrected chi connectivity index (χ0v) is 11.3. The molecule has 1 unspecified atom stereocenters. The first kappa shape index (κ1) is 11.5. The number of hydrogen-bond acceptors (Lipinski definition) is 3. The first-order valence-corrected chi connectivity index (χ1v) is 8.06. The third-order valence-electron chi connectivity index (χ3n) is 3.67. The zero-order chi connectivity index (χ0) is 12.3. The average molecular weight is 275 g/mol. The summed E-state index contributed by atoms with van der Waals surface area (Å²) in [6, 6.07) is 1.88. The van der Waals surface area contributed by atoms with Gasteiger partial charge in [-0.1, -0.05) is 11.6 Å². The van der Waals surface area contributed by atoms with E-state index in [2.05, 4.69) is 5.10 Å². The molecule has 0 radical (unpaired) electrons. The molecule has 1 aromatic rings. The molecule has 17 heavy (non-hydrogen) atoms. The molecule has 2 heterocycles. The maximum Gasteiger partial charge on any atom is 0.152 e. The van der Waals surface area contributed by atoms with Gasteiger partial charge >= 0.3 is 0 Å². The first-order chi connectivity index (χ1) is 7.90. The van der Waals surface area contributed by atoms with Gasteiger partial charge in [0.25, 0.3) is 0 Å². The Bertz CT molecular complexity index is 562. The maximum atomic E-state index is 11.6. The molecule has 0 amide bonds. The monoisotopic (exact) mass is 274 g/mol. The second-order valence-electron chi connectivity index (χ2n) is 5.42. The lowest BCUT2D eigenvalue weighted by atomic mass is 10.0. The van der Waals surface area contributed by atoms with E-state index < -0.39 is 15.4 Å². The van der Waals surface area contributed by atoms with Crippen LogP contribution >= 0.6 is 11.6 Å². The minimum Gasteiger partial charge on any atom is -0.247 e. The van der Waals surface area contributed by atoms with Gasteiger partial charge in [0.05, 0.1) is 22.7 Å². The average Bonchev–Trinajstić information content (AvgIpc) is 2.93. The Labute approximate surface area is 106 Å². The van der Waals surface area contributed by atoms with Crippen LogP contribution in [0.4, 0.5) is 0 Å². The molecular weight excluding hydrogens is 260 g/mol. The molecule has 1 saturated carbocycles. The Balaban J connectivity index is 1.98. The van der Waals surface area contributed by atoms with Gasteiger partial charge in [-0.25, -0.2) is 13.1 Å².